The van der Waals surface area contributed by atoms with Gasteiger partial charge in [-0.05, 0) is 44.4 Å². The summed E-state index contributed by atoms with van der Waals surface area (Å²) >= 11 is 0. The van der Waals surface area contributed by atoms with Gasteiger partial charge in [-0.15, -0.1) is 10.2 Å². The molecule has 0 radical (unpaired) electrons. The SMILES string of the molecule is Cc1nnc(CNCC2CC2)n1-c1ccccc1. The van der Waals surface area contributed by atoms with Gasteiger partial charge >= 0.3 is 0 Å². The molecule has 0 unspecified atom stereocenters. The van der Waals surface area contributed by atoms with E-state index >= 15 is 0 Å². The molecule has 0 aliphatic heterocycles. The van der Waals surface area contributed by atoms with Crippen LogP contribution in [0.1, 0.15) is 24.5 Å². The van der Waals surface area contributed by atoms with Crippen LogP contribution in [0.3, 0.4) is 0 Å². The molecule has 18 heavy (non-hydrogen) atoms. The lowest BCUT2D eigenvalue weighted by molar-refractivity contribution is 0.611. The van der Waals surface area contributed by atoms with Gasteiger partial charge in [0.1, 0.15) is 5.82 Å². The smallest absolute Gasteiger partial charge is 0.151 e. The van der Waals surface area contributed by atoms with E-state index in [1.54, 1.807) is 0 Å². The summed E-state index contributed by atoms with van der Waals surface area (Å²) in [6.07, 6.45) is 2.74. The molecule has 1 fully saturated rings. The molecule has 1 aliphatic rings. The summed E-state index contributed by atoms with van der Waals surface area (Å²) in [6, 6.07) is 10.3. The number of benzene rings is 1. The zero-order chi connectivity index (χ0) is 12.4. The summed E-state index contributed by atoms with van der Waals surface area (Å²) < 4.78 is 2.11. The Bertz CT molecular complexity index is 514. The maximum absolute atomic E-state index is 4.26. The molecule has 2 aromatic rings. The third-order valence-corrected chi connectivity index (χ3v) is 3.32. The van der Waals surface area contributed by atoms with Crippen molar-refractivity contribution in [3.63, 3.8) is 0 Å². The van der Waals surface area contributed by atoms with Crippen molar-refractivity contribution in [2.24, 2.45) is 5.92 Å². The van der Waals surface area contributed by atoms with Crippen molar-refractivity contribution in [3.8, 4) is 5.69 Å². The first-order valence-electron chi connectivity index (χ1n) is 6.51. The van der Waals surface area contributed by atoms with Crippen LogP contribution in [0.2, 0.25) is 0 Å². The van der Waals surface area contributed by atoms with Gasteiger partial charge in [0.15, 0.2) is 5.82 Å². The lowest BCUT2D eigenvalue weighted by Gasteiger charge is -2.09. The highest BCUT2D eigenvalue weighted by Crippen LogP contribution is 2.27. The molecule has 1 aromatic carbocycles. The van der Waals surface area contributed by atoms with Crippen LogP contribution in [0.25, 0.3) is 5.69 Å². The number of nitrogens with zero attached hydrogens (tertiary/aromatic N) is 3. The third kappa shape index (κ3) is 2.43. The van der Waals surface area contributed by atoms with Crippen molar-refractivity contribution >= 4 is 0 Å². The minimum Gasteiger partial charge on any atom is -0.310 e. The average molecular weight is 242 g/mol. The summed E-state index contributed by atoms with van der Waals surface area (Å²) in [4.78, 5) is 0. The first kappa shape index (κ1) is 11.4. The molecule has 1 N–H and O–H groups in total. The molecule has 4 heteroatoms. The summed E-state index contributed by atoms with van der Waals surface area (Å²) in [7, 11) is 0. The number of aromatic nitrogens is 3. The summed E-state index contributed by atoms with van der Waals surface area (Å²) in [5.74, 6) is 2.81. The molecular formula is C14H18N4. The second kappa shape index (κ2) is 4.90. The second-order valence-corrected chi connectivity index (χ2v) is 4.91. The second-order valence-electron chi connectivity index (χ2n) is 4.91. The topological polar surface area (TPSA) is 42.7 Å². The predicted molar refractivity (Wildman–Crippen MR) is 70.5 cm³/mol. The van der Waals surface area contributed by atoms with Gasteiger partial charge in [0.2, 0.25) is 0 Å². The fraction of sp³-hybridized carbons (Fsp3) is 0.429. The number of hydrogen-bond acceptors (Lipinski definition) is 3. The fourth-order valence-corrected chi connectivity index (χ4v) is 2.14. The lowest BCUT2D eigenvalue weighted by atomic mass is 10.3. The quantitative estimate of drug-likeness (QED) is 0.873. The van der Waals surface area contributed by atoms with Crippen molar-refractivity contribution in [2.45, 2.75) is 26.3 Å². The zero-order valence-corrected chi connectivity index (χ0v) is 10.6. The molecule has 1 saturated carbocycles. The summed E-state index contributed by atoms with van der Waals surface area (Å²) in [6.45, 7) is 3.87. The highest BCUT2D eigenvalue weighted by atomic mass is 15.3. The third-order valence-electron chi connectivity index (χ3n) is 3.32. The molecule has 4 nitrogen and oxygen atoms in total. The number of nitrogens with one attached hydrogen (secondary N) is 1. The molecule has 0 bridgehead atoms. The van der Waals surface area contributed by atoms with Crippen molar-refractivity contribution in [3.05, 3.63) is 42.0 Å². The number of aryl methyl sites for hydroxylation is 1. The Labute approximate surface area is 107 Å². The standard InChI is InChI=1S/C14H18N4/c1-11-16-17-14(10-15-9-12-7-8-12)18(11)13-5-3-2-4-6-13/h2-6,12,15H,7-10H2,1H3. The fourth-order valence-electron chi connectivity index (χ4n) is 2.14. The Hall–Kier alpha value is -1.68. The zero-order valence-electron chi connectivity index (χ0n) is 10.6. The normalized spacial score (nSPS) is 14.9. The molecule has 0 atom stereocenters. The van der Waals surface area contributed by atoms with Gasteiger partial charge in [-0.25, -0.2) is 0 Å². The van der Waals surface area contributed by atoms with E-state index in [1.807, 2.05) is 25.1 Å². The van der Waals surface area contributed by atoms with Crippen LogP contribution in [0, 0.1) is 12.8 Å². The summed E-state index contributed by atoms with van der Waals surface area (Å²) in [5.41, 5.74) is 1.13. The molecule has 1 aliphatic carbocycles. The van der Waals surface area contributed by atoms with E-state index in [0.717, 1.165) is 36.3 Å². The first-order valence-corrected chi connectivity index (χ1v) is 6.51. The predicted octanol–water partition coefficient (Wildman–Crippen LogP) is 2.08. The van der Waals surface area contributed by atoms with Crippen LogP contribution in [-0.2, 0) is 6.54 Å². The van der Waals surface area contributed by atoms with Crippen molar-refractivity contribution in [1.29, 1.82) is 0 Å². The largest absolute Gasteiger partial charge is 0.310 e. The van der Waals surface area contributed by atoms with E-state index in [2.05, 4.69) is 32.2 Å². The van der Waals surface area contributed by atoms with Gasteiger partial charge in [-0.2, -0.15) is 0 Å². The van der Waals surface area contributed by atoms with E-state index in [4.69, 9.17) is 0 Å². The monoisotopic (exact) mass is 242 g/mol. The van der Waals surface area contributed by atoms with Crippen LogP contribution >= 0.6 is 0 Å². The van der Waals surface area contributed by atoms with Crippen molar-refractivity contribution in [2.75, 3.05) is 6.54 Å². The molecule has 1 aromatic heterocycles. The molecule has 0 saturated heterocycles. The molecule has 0 spiro atoms. The lowest BCUT2D eigenvalue weighted by Crippen LogP contribution is -2.19. The van der Waals surface area contributed by atoms with Gasteiger partial charge in [-0.3, -0.25) is 4.57 Å². The van der Waals surface area contributed by atoms with Crippen molar-refractivity contribution in [1.82, 2.24) is 20.1 Å². The van der Waals surface area contributed by atoms with Gasteiger partial charge in [0.25, 0.3) is 0 Å². The van der Waals surface area contributed by atoms with Gasteiger partial charge in [-0.1, -0.05) is 18.2 Å². The van der Waals surface area contributed by atoms with Crippen LogP contribution in [0.5, 0.6) is 0 Å². The number of para-hydroxylation sites is 1. The Kier molecular flexibility index (Phi) is 3.11. The molecule has 94 valence electrons. The maximum Gasteiger partial charge on any atom is 0.151 e. The van der Waals surface area contributed by atoms with E-state index < -0.39 is 0 Å². The minimum atomic E-state index is 0.784. The first-order chi connectivity index (χ1) is 8.84. The van der Waals surface area contributed by atoms with Gasteiger partial charge in [0.05, 0.1) is 6.54 Å². The van der Waals surface area contributed by atoms with E-state index in [9.17, 15) is 0 Å². The van der Waals surface area contributed by atoms with Crippen LogP contribution in [-0.4, -0.2) is 21.3 Å². The Morgan fingerprint density at radius 1 is 1.22 bits per heavy atom. The van der Waals surface area contributed by atoms with Crippen LogP contribution < -0.4 is 5.32 Å². The highest BCUT2D eigenvalue weighted by Gasteiger charge is 2.20. The molecule has 1 heterocycles. The summed E-state index contributed by atoms with van der Waals surface area (Å²) in [5, 5.41) is 11.9. The molecular weight excluding hydrogens is 224 g/mol. The number of hydrogen-bond donors (Lipinski definition) is 1. The van der Waals surface area contributed by atoms with Crippen LogP contribution in [0.4, 0.5) is 0 Å². The molecule has 3 rings (SSSR count). The Balaban J connectivity index is 1.77. The molecule has 0 amide bonds. The van der Waals surface area contributed by atoms with Crippen LogP contribution in [0.15, 0.2) is 30.3 Å². The Morgan fingerprint density at radius 2 is 2.00 bits per heavy atom. The van der Waals surface area contributed by atoms with Gasteiger partial charge in [0, 0.05) is 5.69 Å². The minimum absolute atomic E-state index is 0.784. The van der Waals surface area contributed by atoms with E-state index in [0.29, 0.717) is 0 Å². The van der Waals surface area contributed by atoms with Crippen molar-refractivity contribution < 1.29 is 0 Å². The maximum atomic E-state index is 4.26. The van der Waals surface area contributed by atoms with E-state index in [1.165, 1.54) is 12.8 Å². The van der Waals surface area contributed by atoms with Gasteiger partial charge < -0.3 is 5.32 Å². The highest BCUT2D eigenvalue weighted by molar-refractivity contribution is 5.33. The Morgan fingerprint density at radius 3 is 2.72 bits per heavy atom. The van der Waals surface area contributed by atoms with E-state index in [-0.39, 0.29) is 0 Å². The number of rotatable bonds is 5. The average Bonchev–Trinajstić information content (AvgIpc) is 3.14.